The summed E-state index contributed by atoms with van der Waals surface area (Å²) < 4.78 is 0. The van der Waals surface area contributed by atoms with Gasteiger partial charge in [0.25, 0.3) is 0 Å². The minimum atomic E-state index is -0.466. The SMILES string of the molecule is O[C](O)CN1CCSCC1. The van der Waals surface area contributed by atoms with E-state index in [4.69, 9.17) is 10.2 Å². The second-order valence-corrected chi connectivity index (χ2v) is 3.53. The average molecular weight is 162 g/mol. The topological polar surface area (TPSA) is 43.7 Å². The highest BCUT2D eigenvalue weighted by molar-refractivity contribution is 7.99. The van der Waals surface area contributed by atoms with E-state index in [0.29, 0.717) is 6.54 Å². The molecule has 59 valence electrons. The van der Waals surface area contributed by atoms with Gasteiger partial charge in [0.05, 0.1) is 6.54 Å². The standard InChI is InChI=1S/C6H12NO2S/c8-6(9)5-7-1-3-10-4-2-7/h8-9H,1-5H2. The highest BCUT2D eigenvalue weighted by Gasteiger charge is 2.13. The van der Waals surface area contributed by atoms with Crippen molar-refractivity contribution >= 4 is 11.8 Å². The van der Waals surface area contributed by atoms with Crippen molar-refractivity contribution < 1.29 is 10.2 Å². The van der Waals surface area contributed by atoms with Crippen molar-refractivity contribution in [3.8, 4) is 0 Å². The van der Waals surface area contributed by atoms with Gasteiger partial charge in [0, 0.05) is 24.6 Å². The number of nitrogens with zero attached hydrogens (tertiary/aromatic N) is 1. The van der Waals surface area contributed by atoms with Gasteiger partial charge in [0.15, 0.2) is 0 Å². The first kappa shape index (κ1) is 8.33. The van der Waals surface area contributed by atoms with Crippen LogP contribution in [-0.2, 0) is 0 Å². The van der Waals surface area contributed by atoms with Gasteiger partial charge in [-0.1, -0.05) is 0 Å². The van der Waals surface area contributed by atoms with Crippen molar-refractivity contribution in [2.75, 3.05) is 31.1 Å². The molecule has 1 heterocycles. The Hall–Kier alpha value is 0.230. The highest BCUT2D eigenvalue weighted by atomic mass is 32.2. The molecule has 3 nitrogen and oxygen atoms in total. The summed E-state index contributed by atoms with van der Waals surface area (Å²) in [5.41, 5.74) is 0. The van der Waals surface area contributed by atoms with E-state index in [1.807, 2.05) is 16.7 Å². The summed E-state index contributed by atoms with van der Waals surface area (Å²) in [6.07, 6.45) is -0.466. The Balaban J connectivity index is 2.13. The second kappa shape index (κ2) is 4.18. The predicted molar refractivity (Wildman–Crippen MR) is 40.9 cm³/mol. The van der Waals surface area contributed by atoms with Crippen LogP contribution < -0.4 is 0 Å². The van der Waals surface area contributed by atoms with Gasteiger partial charge in [0.1, 0.15) is 0 Å². The van der Waals surface area contributed by atoms with Crippen LogP contribution in [0, 0.1) is 6.29 Å². The zero-order valence-electron chi connectivity index (χ0n) is 5.79. The lowest BCUT2D eigenvalue weighted by atomic mass is 10.4. The van der Waals surface area contributed by atoms with Crippen molar-refractivity contribution in [2.24, 2.45) is 0 Å². The molecule has 0 spiro atoms. The molecule has 1 rings (SSSR count). The maximum absolute atomic E-state index is 8.53. The van der Waals surface area contributed by atoms with Crippen molar-refractivity contribution in [1.29, 1.82) is 0 Å². The molecule has 0 aromatic carbocycles. The van der Waals surface area contributed by atoms with E-state index in [1.54, 1.807) is 0 Å². The summed E-state index contributed by atoms with van der Waals surface area (Å²) in [5, 5.41) is 17.1. The average Bonchev–Trinajstić information content (AvgIpc) is 1.88. The highest BCUT2D eigenvalue weighted by Crippen LogP contribution is 2.09. The van der Waals surface area contributed by atoms with Crippen LogP contribution in [-0.4, -0.2) is 46.3 Å². The van der Waals surface area contributed by atoms with E-state index in [9.17, 15) is 0 Å². The Labute approximate surface area is 65.0 Å². The fourth-order valence-electron chi connectivity index (χ4n) is 0.959. The van der Waals surface area contributed by atoms with Crippen molar-refractivity contribution in [3.05, 3.63) is 6.29 Å². The summed E-state index contributed by atoms with van der Waals surface area (Å²) in [6, 6.07) is 0. The van der Waals surface area contributed by atoms with Gasteiger partial charge in [-0.25, -0.2) is 0 Å². The largest absolute Gasteiger partial charge is 0.360 e. The van der Waals surface area contributed by atoms with Gasteiger partial charge in [-0.05, 0) is 0 Å². The van der Waals surface area contributed by atoms with E-state index in [1.165, 1.54) is 0 Å². The molecule has 4 heteroatoms. The zero-order chi connectivity index (χ0) is 7.40. The monoisotopic (exact) mass is 162 g/mol. The Bertz CT molecular complexity index is 93.7. The minimum absolute atomic E-state index is 0.320. The van der Waals surface area contributed by atoms with Crippen molar-refractivity contribution in [1.82, 2.24) is 4.90 Å². The molecule has 0 unspecified atom stereocenters. The van der Waals surface area contributed by atoms with Crippen LogP contribution in [0.15, 0.2) is 0 Å². The van der Waals surface area contributed by atoms with E-state index in [-0.39, 0.29) is 0 Å². The quantitative estimate of drug-likeness (QED) is 0.611. The molecular formula is C6H12NO2S. The molecule has 1 aliphatic rings. The van der Waals surface area contributed by atoms with Crippen LogP contribution in [0.4, 0.5) is 0 Å². The van der Waals surface area contributed by atoms with Gasteiger partial charge < -0.3 is 10.2 Å². The van der Waals surface area contributed by atoms with E-state index in [2.05, 4.69) is 0 Å². The molecule has 0 atom stereocenters. The van der Waals surface area contributed by atoms with Crippen LogP contribution >= 0.6 is 11.8 Å². The van der Waals surface area contributed by atoms with Gasteiger partial charge in [-0.3, -0.25) is 4.90 Å². The number of hydrogen-bond acceptors (Lipinski definition) is 4. The molecule has 0 aromatic rings. The normalized spacial score (nSPS) is 21.9. The first-order valence-electron chi connectivity index (χ1n) is 3.33. The molecule has 0 amide bonds. The predicted octanol–water partition coefficient (Wildman–Crippen LogP) is 0.270. The Morgan fingerprint density at radius 3 is 2.40 bits per heavy atom. The summed E-state index contributed by atoms with van der Waals surface area (Å²) in [5.74, 6) is 2.21. The van der Waals surface area contributed by atoms with Gasteiger partial charge in [-0.15, -0.1) is 0 Å². The third kappa shape index (κ3) is 2.88. The molecule has 1 radical (unpaired) electrons. The number of thioether (sulfide) groups is 1. The van der Waals surface area contributed by atoms with Crippen molar-refractivity contribution in [3.63, 3.8) is 0 Å². The second-order valence-electron chi connectivity index (χ2n) is 2.30. The fourth-order valence-corrected chi connectivity index (χ4v) is 1.94. The molecule has 0 saturated carbocycles. The molecular weight excluding hydrogens is 150 g/mol. The summed E-state index contributed by atoms with van der Waals surface area (Å²) in [4.78, 5) is 2.03. The molecule has 2 N–H and O–H groups in total. The number of rotatable bonds is 2. The van der Waals surface area contributed by atoms with E-state index >= 15 is 0 Å². The molecule has 0 aliphatic carbocycles. The maximum atomic E-state index is 8.53. The van der Waals surface area contributed by atoms with Crippen LogP contribution in [0.2, 0.25) is 0 Å². The number of hydrogen-bond donors (Lipinski definition) is 2. The molecule has 1 saturated heterocycles. The zero-order valence-corrected chi connectivity index (χ0v) is 6.60. The Morgan fingerprint density at radius 1 is 1.30 bits per heavy atom. The lowest BCUT2D eigenvalue weighted by molar-refractivity contribution is 0.0490. The molecule has 1 fully saturated rings. The van der Waals surface area contributed by atoms with Crippen LogP contribution in [0.5, 0.6) is 0 Å². The third-order valence-electron chi connectivity index (χ3n) is 1.47. The van der Waals surface area contributed by atoms with Gasteiger partial charge in [0.2, 0.25) is 6.29 Å². The molecule has 1 aliphatic heterocycles. The molecule has 0 aromatic heterocycles. The smallest absolute Gasteiger partial charge is 0.232 e. The number of aliphatic hydroxyl groups is 2. The molecule has 10 heavy (non-hydrogen) atoms. The maximum Gasteiger partial charge on any atom is 0.232 e. The van der Waals surface area contributed by atoms with Gasteiger partial charge in [-0.2, -0.15) is 11.8 Å². The molecule has 0 bridgehead atoms. The lowest BCUT2D eigenvalue weighted by Gasteiger charge is -2.25. The fraction of sp³-hybridized carbons (Fsp3) is 0.833. The van der Waals surface area contributed by atoms with Crippen LogP contribution in [0.1, 0.15) is 0 Å². The van der Waals surface area contributed by atoms with E-state index in [0.717, 1.165) is 24.6 Å². The Morgan fingerprint density at radius 2 is 1.90 bits per heavy atom. The minimum Gasteiger partial charge on any atom is -0.360 e. The van der Waals surface area contributed by atoms with Crippen LogP contribution in [0.25, 0.3) is 0 Å². The summed E-state index contributed by atoms with van der Waals surface area (Å²) in [6.45, 7) is 2.26. The number of aliphatic hydroxyl groups excluding tert-OH is 1. The third-order valence-corrected chi connectivity index (χ3v) is 2.41. The first-order chi connectivity index (χ1) is 4.79. The summed E-state index contributed by atoms with van der Waals surface area (Å²) >= 11 is 1.91. The van der Waals surface area contributed by atoms with E-state index < -0.39 is 6.29 Å². The van der Waals surface area contributed by atoms with Crippen LogP contribution in [0.3, 0.4) is 0 Å². The summed E-state index contributed by atoms with van der Waals surface area (Å²) in [7, 11) is 0. The first-order valence-corrected chi connectivity index (χ1v) is 4.48. The van der Waals surface area contributed by atoms with Gasteiger partial charge >= 0.3 is 0 Å². The Kier molecular flexibility index (Phi) is 3.48. The lowest BCUT2D eigenvalue weighted by Crippen LogP contribution is -2.35. The van der Waals surface area contributed by atoms with Crippen molar-refractivity contribution in [2.45, 2.75) is 0 Å².